The number of rotatable bonds is 3. The second kappa shape index (κ2) is 4.94. The van der Waals surface area contributed by atoms with Crippen molar-refractivity contribution in [3.63, 3.8) is 0 Å². The number of para-hydroxylation sites is 1. The van der Waals surface area contributed by atoms with Crippen molar-refractivity contribution in [2.24, 2.45) is 0 Å². The molecule has 0 saturated heterocycles. The van der Waals surface area contributed by atoms with Crippen molar-refractivity contribution in [2.45, 2.75) is 6.54 Å². The Morgan fingerprint density at radius 3 is 2.89 bits per heavy atom. The summed E-state index contributed by atoms with van der Waals surface area (Å²) in [7, 11) is 0. The number of nitrogens with one attached hydrogen (secondary N) is 1. The topological polar surface area (TPSA) is 55.1 Å². The molecule has 0 unspecified atom stereocenters. The number of pyridine rings is 1. The summed E-state index contributed by atoms with van der Waals surface area (Å²) in [4.78, 5) is 16.1. The second-order valence-electron chi connectivity index (χ2n) is 4.15. The van der Waals surface area contributed by atoms with Gasteiger partial charge in [-0.15, -0.1) is 0 Å². The van der Waals surface area contributed by atoms with Gasteiger partial charge in [0.2, 0.25) is 0 Å². The molecule has 0 aliphatic heterocycles. The number of benzene rings is 1. The average Bonchev–Trinajstić information content (AvgIpc) is 2.99. The van der Waals surface area contributed by atoms with Crippen LogP contribution in [0.2, 0.25) is 0 Å². The van der Waals surface area contributed by atoms with Crippen molar-refractivity contribution in [2.75, 3.05) is 0 Å². The SMILES string of the molecule is O=C(NCc1ccnc2ccccc12)c1ccco1. The monoisotopic (exact) mass is 252 g/mol. The van der Waals surface area contributed by atoms with Crippen molar-refractivity contribution in [1.82, 2.24) is 10.3 Å². The highest BCUT2D eigenvalue weighted by atomic mass is 16.3. The summed E-state index contributed by atoms with van der Waals surface area (Å²) in [6.45, 7) is 0.447. The van der Waals surface area contributed by atoms with Gasteiger partial charge in [-0.2, -0.15) is 0 Å². The number of amides is 1. The lowest BCUT2D eigenvalue weighted by molar-refractivity contribution is 0.0923. The van der Waals surface area contributed by atoms with Crippen LogP contribution in [0.25, 0.3) is 10.9 Å². The summed E-state index contributed by atoms with van der Waals surface area (Å²) in [6.07, 6.45) is 3.23. The second-order valence-corrected chi connectivity index (χ2v) is 4.15. The summed E-state index contributed by atoms with van der Waals surface area (Å²) >= 11 is 0. The summed E-state index contributed by atoms with van der Waals surface area (Å²) in [5, 5.41) is 3.88. The molecule has 94 valence electrons. The molecule has 3 rings (SSSR count). The molecule has 0 atom stereocenters. The maximum atomic E-state index is 11.8. The van der Waals surface area contributed by atoms with Gasteiger partial charge in [0, 0.05) is 18.1 Å². The summed E-state index contributed by atoms with van der Waals surface area (Å²) in [5.41, 5.74) is 1.96. The van der Waals surface area contributed by atoms with Crippen LogP contribution in [0.15, 0.2) is 59.3 Å². The van der Waals surface area contributed by atoms with Gasteiger partial charge in [0.25, 0.3) is 5.91 Å². The van der Waals surface area contributed by atoms with Gasteiger partial charge >= 0.3 is 0 Å². The highest BCUT2D eigenvalue weighted by Crippen LogP contribution is 2.15. The number of hydrogen-bond acceptors (Lipinski definition) is 3. The van der Waals surface area contributed by atoms with Gasteiger partial charge in [0.15, 0.2) is 5.76 Å². The van der Waals surface area contributed by atoms with E-state index in [1.807, 2.05) is 30.3 Å². The van der Waals surface area contributed by atoms with E-state index in [0.29, 0.717) is 12.3 Å². The van der Waals surface area contributed by atoms with Crippen LogP contribution < -0.4 is 5.32 Å². The molecule has 3 aromatic rings. The molecule has 2 heterocycles. The molecule has 0 aliphatic carbocycles. The lowest BCUT2D eigenvalue weighted by Gasteiger charge is -2.06. The van der Waals surface area contributed by atoms with Crippen LogP contribution >= 0.6 is 0 Å². The van der Waals surface area contributed by atoms with E-state index in [2.05, 4.69) is 10.3 Å². The minimum atomic E-state index is -0.217. The highest BCUT2D eigenvalue weighted by molar-refractivity contribution is 5.91. The van der Waals surface area contributed by atoms with E-state index in [0.717, 1.165) is 16.5 Å². The van der Waals surface area contributed by atoms with Crippen molar-refractivity contribution < 1.29 is 9.21 Å². The first-order chi connectivity index (χ1) is 9.34. The van der Waals surface area contributed by atoms with Crippen molar-refractivity contribution in [3.05, 3.63) is 66.2 Å². The van der Waals surface area contributed by atoms with Crippen molar-refractivity contribution in [3.8, 4) is 0 Å². The zero-order valence-electron chi connectivity index (χ0n) is 10.2. The Morgan fingerprint density at radius 2 is 2.05 bits per heavy atom. The number of carbonyl (C=O) groups is 1. The van der Waals surface area contributed by atoms with Crippen LogP contribution in [0.3, 0.4) is 0 Å². The Kier molecular flexibility index (Phi) is 2.98. The Labute approximate surface area is 110 Å². The van der Waals surface area contributed by atoms with Gasteiger partial charge in [-0.25, -0.2) is 0 Å². The molecule has 1 N–H and O–H groups in total. The molecular weight excluding hydrogens is 240 g/mol. The predicted octanol–water partition coefficient (Wildman–Crippen LogP) is 2.76. The lowest BCUT2D eigenvalue weighted by Crippen LogP contribution is -2.22. The van der Waals surface area contributed by atoms with Gasteiger partial charge < -0.3 is 9.73 Å². The molecule has 0 saturated carbocycles. The molecule has 1 aromatic carbocycles. The van der Waals surface area contributed by atoms with E-state index in [1.165, 1.54) is 6.26 Å². The third kappa shape index (κ3) is 2.33. The van der Waals surface area contributed by atoms with E-state index < -0.39 is 0 Å². The Bertz CT molecular complexity index is 700. The zero-order chi connectivity index (χ0) is 13.1. The number of hydrogen-bond donors (Lipinski definition) is 1. The predicted molar refractivity (Wildman–Crippen MR) is 71.6 cm³/mol. The quantitative estimate of drug-likeness (QED) is 0.779. The summed E-state index contributed by atoms with van der Waals surface area (Å²) < 4.78 is 5.05. The Hall–Kier alpha value is -2.62. The Balaban J connectivity index is 1.81. The van der Waals surface area contributed by atoms with Crippen LogP contribution in [-0.2, 0) is 6.54 Å². The highest BCUT2D eigenvalue weighted by Gasteiger charge is 2.08. The van der Waals surface area contributed by atoms with Gasteiger partial charge in [-0.3, -0.25) is 9.78 Å². The first kappa shape index (κ1) is 11.5. The van der Waals surface area contributed by atoms with Crippen molar-refractivity contribution in [1.29, 1.82) is 0 Å². The lowest BCUT2D eigenvalue weighted by atomic mass is 10.1. The van der Waals surface area contributed by atoms with E-state index >= 15 is 0 Å². The van der Waals surface area contributed by atoms with E-state index in [1.54, 1.807) is 18.3 Å². The molecule has 1 amide bonds. The molecular formula is C15H12N2O2. The average molecular weight is 252 g/mol. The summed E-state index contributed by atoms with van der Waals surface area (Å²) in [6, 6.07) is 13.1. The minimum Gasteiger partial charge on any atom is -0.459 e. The fourth-order valence-corrected chi connectivity index (χ4v) is 1.98. The molecule has 0 fully saturated rings. The van der Waals surface area contributed by atoms with Crippen LogP contribution in [0, 0.1) is 0 Å². The number of nitrogens with zero attached hydrogens (tertiary/aromatic N) is 1. The minimum absolute atomic E-state index is 0.217. The number of furan rings is 1. The van der Waals surface area contributed by atoms with Crippen LogP contribution in [0.4, 0.5) is 0 Å². The molecule has 0 bridgehead atoms. The third-order valence-corrected chi connectivity index (χ3v) is 2.92. The standard InChI is InChI=1S/C15H12N2O2/c18-15(14-6-3-9-19-14)17-10-11-7-8-16-13-5-2-1-4-12(11)13/h1-9H,10H2,(H,17,18). The van der Waals surface area contributed by atoms with Crippen molar-refractivity contribution >= 4 is 16.8 Å². The van der Waals surface area contributed by atoms with Gasteiger partial charge in [0.1, 0.15) is 0 Å². The molecule has 2 aromatic heterocycles. The van der Waals surface area contributed by atoms with Gasteiger partial charge in [0.05, 0.1) is 11.8 Å². The van der Waals surface area contributed by atoms with E-state index in [4.69, 9.17) is 4.42 Å². The van der Waals surface area contributed by atoms with Crippen LogP contribution in [0.5, 0.6) is 0 Å². The summed E-state index contributed by atoms with van der Waals surface area (Å²) in [5.74, 6) is 0.101. The Morgan fingerprint density at radius 1 is 1.16 bits per heavy atom. The molecule has 0 spiro atoms. The maximum absolute atomic E-state index is 11.8. The largest absolute Gasteiger partial charge is 0.459 e. The number of carbonyl (C=O) groups excluding carboxylic acids is 1. The number of fused-ring (bicyclic) bond motifs is 1. The molecule has 19 heavy (non-hydrogen) atoms. The third-order valence-electron chi connectivity index (χ3n) is 2.92. The van der Waals surface area contributed by atoms with E-state index in [-0.39, 0.29) is 5.91 Å². The fraction of sp³-hybridized carbons (Fsp3) is 0.0667. The molecule has 0 aliphatic rings. The van der Waals surface area contributed by atoms with Gasteiger partial charge in [-0.05, 0) is 29.8 Å². The fourth-order valence-electron chi connectivity index (χ4n) is 1.98. The normalized spacial score (nSPS) is 10.5. The van der Waals surface area contributed by atoms with E-state index in [9.17, 15) is 4.79 Å². The van der Waals surface area contributed by atoms with Crippen LogP contribution in [0.1, 0.15) is 16.1 Å². The smallest absolute Gasteiger partial charge is 0.287 e. The first-order valence-corrected chi connectivity index (χ1v) is 5.99. The van der Waals surface area contributed by atoms with Crippen LogP contribution in [-0.4, -0.2) is 10.9 Å². The number of aromatic nitrogens is 1. The maximum Gasteiger partial charge on any atom is 0.287 e. The first-order valence-electron chi connectivity index (χ1n) is 5.99. The van der Waals surface area contributed by atoms with Gasteiger partial charge in [-0.1, -0.05) is 18.2 Å². The molecule has 0 radical (unpaired) electrons. The zero-order valence-corrected chi connectivity index (χ0v) is 10.2. The molecule has 4 heteroatoms. The molecule has 4 nitrogen and oxygen atoms in total.